The van der Waals surface area contributed by atoms with E-state index in [1.807, 2.05) is 0 Å². The van der Waals surface area contributed by atoms with Crippen molar-refractivity contribution >= 4 is 0 Å². The molecule has 132 valence electrons. The molecule has 0 amide bonds. The third kappa shape index (κ3) is 5.51. The minimum atomic E-state index is 0.0450. The lowest BCUT2D eigenvalue weighted by molar-refractivity contribution is 0.116. The van der Waals surface area contributed by atoms with Gasteiger partial charge < -0.3 is 0 Å². The molecule has 2 fully saturated rings. The Bertz CT molecular complexity index is 351. The Morgan fingerprint density at radius 1 is 0.826 bits per heavy atom. The van der Waals surface area contributed by atoms with Crippen LogP contribution in [0.2, 0.25) is 0 Å². The summed E-state index contributed by atoms with van der Waals surface area (Å²) in [7, 11) is 0. The molecular weight excluding hydrogens is 278 g/mol. The van der Waals surface area contributed by atoms with Crippen LogP contribution >= 0.6 is 0 Å². The molecule has 0 bridgehead atoms. The molecule has 0 aromatic rings. The second-order valence-electron chi connectivity index (χ2n) is 8.58. The van der Waals surface area contributed by atoms with E-state index in [4.69, 9.17) is 0 Å². The molecule has 23 heavy (non-hydrogen) atoms. The Morgan fingerprint density at radius 3 is 2.00 bits per heavy atom. The van der Waals surface area contributed by atoms with E-state index in [1.54, 1.807) is 0 Å². The van der Waals surface area contributed by atoms with Crippen LogP contribution in [0, 0.1) is 34.5 Å². The Balaban J connectivity index is 1.72. The minimum absolute atomic E-state index is 0.0450. The highest BCUT2D eigenvalue weighted by Crippen LogP contribution is 2.47. The van der Waals surface area contributed by atoms with Crippen LogP contribution in [0.4, 0.5) is 0 Å². The van der Waals surface area contributed by atoms with Crippen molar-refractivity contribution in [1.82, 2.24) is 0 Å². The average molecular weight is 318 g/mol. The number of hydrogen-bond acceptors (Lipinski definition) is 1. The smallest absolute Gasteiger partial charge is 0.0689 e. The van der Waals surface area contributed by atoms with E-state index in [0.717, 1.165) is 17.8 Å². The van der Waals surface area contributed by atoms with Crippen LogP contribution in [0.3, 0.4) is 0 Å². The fraction of sp³-hybridized carbons (Fsp3) is 0.955. The quantitative estimate of drug-likeness (QED) is 0.432. The van der Waals surface area contributed by atoms with Gasteiger partial charge in [0, 0.05) is 0 Å². The SMILES string of the molecule is CCCCCCC[C@]1(C#N)CC[C@@H](C2CCC(CC)CC2)CC1. The Morgan fingerprint density at radius 2 is 1.43 bits per heavy atom. The Hall–Kier alpha value is -0.510. The molecule has 0 aliphatic heterocycles. The van der Waals surface area contributed by atoms with Gasteiger partial charge in [-0.3, -0.25) is 0 Å². The van der Waals surface area contributed by atoms with Gasteiger partial charge in [0.05, 0.1) is 11.5 Å². The van der Waals surface area contributed by atoms with Gasteiger partial charge in [-0.05, 0) is 62.7 Å². The summed E-state index contributed by atoms with van der Waals surface area (Å²) >= 11 is 0. The topological polar surface area (TPSA) is 23.8 Å². The lowest BCUT2D eigenvalue weighted by Gasteiger charge is -2.40. The fourth-order valence-corrected chi connectivity index (χ4v) is 5.22. The summed E-state index contributed by atoms with van der Waals surface area (Å²) in [5.41, 5.74) is 0.0450. The van der Waals surface area contributed by atoms with Crippen LogP contribution in [0.1, 0.15) is 110 Å². The van der Waals surface area contributed by atoms with Crippen molar-refractivity contribution in [3.8, 4) is 6.07 Å². The van der Waals surface area contributed by atoms with Crippen molar-refractivity contribution in [2.45, 2.75) is 110 Å². The second kappa shape index (κ2) is 9.71. The molecule has 2 saturated carbocycles. The number of nitriles is 1. The van der Waals surface area contributed by atoms with E-state index >= 15 is 0 Å². The summed E-state index contributed by atoms with van der Waals surface area (Å²) < 4.78 is 0. The van der Waals surface area contributed by atoms with Crippen molar-refractivity contribution in [1.29, 1.82) is 5.26 Å². The molecule has 2 aliphatic carbocycles. The van der Waals surface area contributed by atoms with Gasteiger partial charge in [-0.25, -0.2) is 0 Å². The molecule has 0 aromatic heterocycles. The third-order valence-electron chi connectivity index (χ3n) is 7.12. The first kappa shape index (κ1) is 18.8. The first-order valence-electron chi connectivity index (χ1n) is 10.6. The van der Waals surface area contributed by atoms with E-state index in [0.29, 0.717) is 0 Å². The lowest BCUT2D eigenvalue weighted by Crippen LogP contribution is -2.31. The molecule has 1 nitrogen and oxygen atoms in total. The van der Waals surface area contributed by atoms with E-state index in [2.05, 4.69) is 19.9 Å². The summed E-state index contributed by atoms with van der Waals surface area (Å²) in [6.07, 6.45) is 20.1. The van der Waals surface area contributed by atoms with Gasteiger partial charge in [-0.2, -0.15) is 5.26 Å². The van der Waals surface area contributed by atoms with Crippen LogP contribution < -0.4 is 0 Å². The largest absolute Gasteiger partial charge is 0.198 e. The zero-order valence-corrected chi connectivity index (χ0v) is 15.8. The van der Waals surface area contributed by atoms with Crippen molar-refractivity contribution in [3.05, 3.63) is 0 Å². The average Bonchev–Trinajstić information content (AvgIpc) is 2.62. The Kier molecular flexibility index (Phi) is 7.94. The van der Waals surface area contributed by atoms with Gasteiger partial charge in [0.25, 0.3) is 0 Å². The van der Waals surface area contributed by atoms with Gasteiger partial charge >= 0.3 is 0 Å². The number of hydrogen-bond donors (Lipinski definition) is 0. The molecule has 0 aromatic carbocycles. The summed E-state index contributed by atoms with van der Waals surface area (Å²) in [6, 6.07) is 2.75. The van der Waals surface area contributed by atoms with Gasteiger partial charge in [0.1, 0.15) is 0 Å². The summed E-state index contributed by atoms with van der Waals surface area (Å²) in [5.74, 6) is 2.93. The molecule has 0 saturated heterocycles. The van der Waals surface area contributed by atoms with Gasteiger partial charge in [-0.15, -0.1) is 0 Å². The van der Waals surface area contributed by atoms with Crippen molar-refractivity contribution in [2.24, 2.45) is 23.2 Å². The predicted octanol–water partition coefficient (Wildman–Crippen LogP) is 7.26. The van der Waals surface area contributed by atoms with Crippen molar-refractivity contribution in [3.63, 3.8) is 0 Å². The van der Waals surface area contributed by atoms with Crippen LogP contribution in [0.5, 0.6) is 0 Å². The predicted molar refractivity (Wildman–Crippen MR) is 99.1 cm³/mol. The molecule has 2 rings (SSSR count). The molecule has 1 heteroatoms. The maximum absolute atomic E-state index is 9.76. The van der Waals surface area contributed by atoms with Crippen molar-refractivity contribution in [2.75, 3.05) is 0 Å². The van der Waals surface area contributed by atoms with Crippen molar-refractivity contribution < 1.29 is 0 Å². The van der Waals surface area contributed by atoms with Crippen LogP contribution in [-0.2, 0) is 0 Å². The van der Waals surface area contributed by atoms with Gasteiger partial charge in [0.2, 0.25) is 0 Å². The molecule has 0 heterocycles. The summed E-state index contributed by atoms with van der Waals surface area (Å²) in [4.78, 5) is 0. The number of nitrogens with zero attached hydrogens (tertiary/aromatic N) is 1. The fourth-order valence-electron chi connectivity index (χ4n) is 5.22. The van der Waals surface area contributed by atoms with Gasteiger partial charge in [0.15, 0.2) is 0 Å². The molecule has 0 spiro atoms. The standard InChI is InChI=1S/C22H39N/c1-3-5-6-7-8-15-22(18-23)16-13-21(14-17-22)20-11-9-19(4-2)10-12-20/h19-21H,3-17H2,1-2H3/t19?,20?,21-,22+. The highest BCUT2D eigenvalue weighted by atomic mass is 14.4. The lowest BCUT2D eigenvalue weighted by atomic mass is 9.63. The zero-order chi connectivity index (χ0) is 16.5. The summed E-state index contributed by atoms with van der Waals surface area (Å²) in [5, 5.41) is 9.76. The highest BCUT2D eigenvalue weighted by molar-refractivity contribution is 5.02. The van der Waals surface area contributed by atoms with Gasteiger partial charge in [-0.1, -0.05) is 65.2 Å². The molecule has 0 unspecified atom stereocenters. The van der Waals surface area contributed by atoms with Crippen LogP contribution in [0.15, 0.2) is 0 Å². The molecule has 0 N–H and O–H groups in total. The zero-order valence-electron chi connectivity index (χ0n) is 15.8. The van der Waals surface area contributed by atoms with E-state index in [9.17, 15) is 5.26 Å². The monoisotopic (exact) mass is 317 g/mol. The number of unbranched alkanes of at least 4 members (excludes halogenated alkanes) is 4. The van der Waals surface area contributed by atoms with Crippen LogP contribution in [0.25, 0.3) is 0 Å². The minimum Gasteiger partial charge on any atom is -0.198 e. The summed E-state index contributed by atoms with van der Waals surface area (Å²) in [6.45, 7) is 4.62. The first-order valence-corrected chi connectivity index (χ1v) is 10.6. The van der Waals surface area contributed by atoms with Crippen LogP contribution in [-0.4, -0.2) is 0 Å². The molecule has 2 aliphatic rings. The number of rotatable bonds is 8. The normalized spacial score (nSPS) is 34.9. The van der Waals surface area contributed by atoms with E-state index < -0.39 is 0 Å². The molecular formula is C22H39N. The maximum Gasteiger partial charge on any atom is 0.0689 e. The third-order valence-corrected chi connectivity index (χ3v) is 7.12. The van der Waals surface area contributed by atoms with E-state index in [1.165, 1.54) is 96.3 Å². The second-order valence-corrected chi connectivity index (χ2v) is 8.58. The Labute approximate surface area is 145 Å². The van der Waals surface area contributed by atoms with E-state index in [-0.39, 0.29) is 5.41 Å². The molecule has 0 atom stereocenters. The molecule has 0 radical (unpaired) electrons. The first-order chi connectivity index (χ1) is 11.2. The maximum atomic E-state index is 9.76. The highest BCUT2D eigenvalue weighted by Gasteiger charge is 2.38.